The second-order valence-electron chi connectivity index (χ2n) is 10.0. The molecule has 4 aromatic heterocycles. The molecule has 15 heteroatoms. The van der Waals surface area contributed by atoms with Crippen LogP contribution in [-0.2, 0) is 0 Å². The summed E-state index contributed by atoms with van der Waals surface area (Å²) in [6, 6.07) is 14.9. The lowest BCUT2D eigenvalue weighted by Crippen LogP contribution is -2.28. The third-order valence-corrected chi connectivity index (χ3v) is 8.46. The molecule has 0 aliphatic rings. The minimum absolute atomic E-state index is 0.287. The van der Waals surface area contributed by atoms with Crippen LogP contribution in [0.1, 0.15) is 11.1 Å². The fourth-order valence-electron chi connectivity index (χ4n) is 4.66. The van der Waals surface area contributed by atoms with Gasteiger partial charge in [-0.25, -0.2) is 18.1 Å². The van der Waals surface area contributed by atoms with E-state index in [0.29, 0.717) is 43.5 Å². The van der Waals surface area contributed by atoms with Crippen LogP contribution in [0.2, 0.25) is 5.15 Å². The average molecular weight is 791 g/mol. The minimum Gasteiger partial charge on any atom is -0.413 e. The standard InChI is InChI=1S/C16H12BrClFN3O2.C16H13BrFN3O2/c1-9-8-20-21(15(9)18)13-7-12(17)16(23)22(24-2)14(13)10-3-5-11(19)6-4-10;1-10-8-19-20(9-10)14-7-13(17)16(22)21(23-2)15(14)11-3-5-12(18)6-4-11/h3-8H,1-2H3;3-9H,1-2H3. The summed E-state index contributed by atoms with van der Waals surface area (Å²) in [7, 11) is 2.78. The van der Waals surface area contributed by atoms with Crippen LogP contribution in [0.15, 0.2) is 97.8 Å². The van der Waals surface area contributed by atoms with Gasteiger partial charge in [0, 0.05) is 22.9 Å². The molecule has 0 saturated heterocycles. The fraction of sp³-hybridized carbons (Fsp3) is 0.125. The highest BCUT2D eigenvalue weighted by Gasteiger charge is 2.21. The molecule has 6 rings (SSSR count). The Balaban J connectivity index is 0.000000185. The van der Waals surface area contributed by atoms with Crippen molar-refractivity contribution < 1.29 is 18.5 Å². The van der Waals surface area contributed by atoms with Gasteiger partial charge in [-0.1, -0.05) is 11.6 Å². The van der Waals surface area contributed by atoms with Crippen molar-refractivity contribution in [3.05, 3.63) is 137 Å². The summed E-state index contributed by atoms with van der Waals surface area (Å²) in [4.78, 5) is 35.2. The Kier molecular flexibility index (Phi) is 10.1. The van der Waals surface area contributed by atoms with Gasteiger partial charge < -0.3 is 9.68 Å². The van der Waals surface area contributed by atoms with E-state index in [0.717, 1.165) is 20.6 Å². The Morgan fingerprint density at radius 1 is 0.723 bits per heavy atom. The molecular formula is C32H25Br2ClF2N6O4. The maximum Gasteiger partial charge on any atom is 0.298 e. The molecule has 0 amide bonds. The number of aryl methyl sites for hydroxylation is 2. The second kappa shape index (κ2) is 14.1. The zero-order valence-electron chi connectivity index (χ0n) is 25.2. The number of hydrogen-bond donors (Lipinski definition) is 0. The van der Waals surface area contributed by atoms with Gasteiger partial charge in [0.2, 0.25) is 0 Å². The zero-order valence-corrected chi connectivity index (χ0v) is 29.1. The topological polar surface area (TPSA) is 98.1 Å². The molecule has 0 saturated carbocycles. The largest absolute Gasteiger partial charge is 0.413 e. The van der Waals surface area contributed by atoms with Gasteiger partial charge in [0.1, 0.15) is 42.4 Å². The maximum absolute atomic E-state index is 13.3. The molecule has 2 aromatic carbocycles. The van der Waals surface area contributed by atoms with Crippen LogP contribution in [0.25, 0.3) is 33.9 Å². The van der Waals surface area contributed by atoms with E-state index in [9.17, 15) is 18.4 Å². The smallest absolute Gasteiger partial charge is 0.298 e. The van der Waals surface area contributed by atoms with Gasteiger partial charge in [-0.3, -0.25) is 9.59 Å². The number of aromatic nitrogens is 6. The lowest BCUT2D eigenvalue weighted by molar-refractivity contribution is 0.160. The third kappa shape index (κ3) is 6.80. The Hall–Kier alpha value is -4.53. The molecule has 242 valence electrons. The van der Waals surface area contributed by atoms with Crippen LogP contribution < -0.4 is 20.8 Å². The minimum atomic E-state index is -0.388. The van der Waals surface area contributed by atoms with Crippen molar-refractivity contribution in [3.63, 3.8) is 0 Å². The summed E-state index contributed by atoms with van der Waals surface area (Å²) in [5.41, 5.74) is 4.31. The van der Waals surface area contributed by atoms with Crippen molar-refractivity contribution in [2.75, 3.05) is 14.2 Å². The first-order chi connectivity index (χ1) is 22.4. The van der Waals surface area contributed by atoms with Gasteiger partial charge >= 0.3 is 0 Å². The maximum atomic E-state index is 13.3. The van der Waals surface area contributed by atoms with Crippen molar-refractivity contribution in [1.82, 2.24) is 29.0 Å². The van der Waals surface area contributed by atoms with Gasteiger partial charge in [-0.15, -0.1) is 9.46 Å². The Morgan fingerprint density at radius 2 is 1.19 bits per heavy atom. The molecule has 0 radical (unpaired) electrons. The monoisotopic (exact) mass is 788 g/mol. The van der Waals surface area contributed by atoms with Crippen molar-refractivity contribution in [3.8, 4) is 33.9 Å². The molecule has 6 aromatic rings. The van der Waals surface area contributed by atoms with E-state index in [1.54, 1.807) is 53.5 Å². The molecule has 0 spiro atoms. The van der Waals surface area contributed by atoms with Gasteiger partial charge in [0.05, 0.1) is 32.7 Å². The van der Waals surface area contributed by atoms with Gasteiger partial charge in [0.25, 0.3) is 11.1 Å². The average Bonchev–Trinajstić information content (AvgIpc) is 3.64. The number of hydrogen-bond acceptors (Lipinski definition) is 6. The normalized spacial score (nSPS) is 10.8. The van der Waals surface area contributed by atoms with Crippen LogP contribution in [-0.4, -0.2) is 43.2 Å². The van der Waals surface area contributed by atoms with E-state index in [4.69, 9.17) is 21.3 Å². The summed E-state index contributed by atoms with van der Waals surface area (Å²) < 4.78 is 32.5. The zero-order chi connectivity index (χ0) is 34.0. The number of nitrogens with zero attached hydrogens (tertiary/aromatic N) is 6. The van der Waals surface area contributed by atoms with Crippen LogP contribution >= 0.6 is 43.5 Å². The highest BCUT2D eigenvalue weighted by molar-refractivity contribution is 9.10. The Labute approximate surface area is 288 Å². The predicted octanol–water partition coefficient (Wildman–Crippen LogP) is 6.59. The first-order valence-electron chi connectivity index (χ1n) is 13.7. The summed E-state index contributed by atoms with van der Waals surface area (Å²) >= 11 is 12.8. The van der Waals surface area contributed by atoms with Gasteiger partial charge in [0.15, 0.2) is 0 Å². The molecule has 0 atom stereocenters. The van der Waals surface area contributed by atoms with E-state index >= 15 is 0 Å². The lowest BCUT2D eigenvalue weighted by Gasteiger charge is -2.17. The molecule has 0 N–H and O–H groups in total. The highest BCUT2D eigenvalue weighted by atomic mass is 79.9. The summed E-state index contributed by atoms with van der Waals surface area (Å²) in [5.74, 6) is -0.731. The first-order valence-corrected chi connectivity index (χ1v) is 15.7. The Morgan fingerprint density at radius 3 is 1.60 bits per heavy atom. The van der Waals surface area contributed by atoms with Crippen LogP contribution in [0.4, 0.5) is 8.78 Å². The van der Waals surface area contributed by atoms with E-state index in [-0.39, 0.29) is 27.2 Å². The second-order valence-corrected chi connectivity index (χ2v) is 12.1. The number of pyridine rings is 2. The van der Waals surface area contributed by atoms with E-state index in [1.165, 1.54) is 43.2 Å². The molecule has 47 heavy (non-hydrogen) atoms. The van der Waals surface area contributed by atoms with Gasteiger partial charge in [-0.05, 0) is 112 Å². The van der Waals surface area contributed by atoms with Crippen LogP contribution in [0.3, 0.4) is 0 Å². The predicted molar refractivity (Wildman–Crippen MR) is 181 cm³/mol. The van der Waals surface area contributed by atoms with Crippen molar-refractivity contribution >= 4 is 43.5 Å². The SMILES string of the molecule is COn1c(-c2ccc(F)cc2)c(-n2cc(C)cn2)cc(Br)c1=O.COn1c(-c2ccc(F)cc2)c(-n2ncc(C)c2Cl)cc(Br)c1=O. The molecule has 0 aliphatic heterocycles. The van der Waals surface area contributed by atoms with Crippen molar-refractivity contribution in [2.45, 2.75) is 13.8 Å². The summed E-state index contributed by atoms with van der Waals surface area (Å²) in [5, 5.41) is 8.95. The molecule has 0 bridgehead atoms. The number of halogens is 5. The van der Waals surface area contributed by atoms with E-state index in [1.807, 2.05) is 20.0 Å². The lowest BCUT2D eigenvalue weighted by atomic mass is 10.1. The molecule has 10 nitrogen and oxygen atoms in total. The van der Waals surface area contributed by atoms with Gasteiger partial charge in [-0.2, -0.15) is 10.2 Å². The molecular weight excluding hydrogens is 766 g/mol. The fourth-order valence-corrected chi connectivity index (χ4v) is 5.60. The van der Waals surface area contributed by atoms with Crippen LogP contribution in [0, 0.1) is 25.5 Å². The van der Waals surface area contributed by atoms with Crippen molar-refractivity contribution in [1.29, 1.82) is 0 Å². The van der Waals surface area contributed by atoms with E-state index in [2.05, 4.69) is 42.1 Å². The van der Waals surface area contributed by atoms with Crippen molar-refractivity contribution in [2.24, 2.45) is 0 Å². The number of benzene rings is 2. The number of rotatable bonds is 6. The quantitative estimate of drug-likeness (QED) is 0.189. The molecule has 4 heterocycles. The van der Waals surface area contributed by atoms with E-state index < -0.39 is 0 Å². The summed E-state index contributed by atoms with van der Waals surface area (Å²) in [6.07, 6.45) is 5.16. The molecule has 0 fully saturated rings. The Bertz CT molecular complexity index is 2200. The molecule has 0 unspecified atom stereocenters. The highest BCUT2D eigenvalue weighted by Crippen LogP contribution is 2.31. The first kappa shape index (κ1) is 33.8. The summed E-state index contributed by atoms with van der Waals surface area (Å²) in [6.45, 7) is 3.74. The molecule has 0 aliphatic carbocycles. The van der Waals surface area contributed by atoms with Crippen LogP contribution in [0.5, 0.6) is 0 Å². The third-order valence-electron chi connectivity index (χ3n) is 6.86.